The lowest BCUT2D eigenvalue weighted by Crippen LogP contribution is -2.46. The summed E-state index contributed by atoms with van der Waals surface area (Å²) in [5.41, 5.74) is 2.38. The van der Waals surface area contributed by atoms with Crippen molar-refractivity contribution < 1.29 is 14.3 Å². The molecule has 0 aliphatic heterocycles. The summed E-state index contributed by atoms with van der Waals surface area (Å²) < 4.78 is 5.07. The molecule has 2 aromatic rings. The highest BCUT2D eigenvalue weighted by Gasteiger charge is 2.18. The van der Waals surface area contributed by atoms with Gasteiger partial charge < -0.3 is 15.4 Å². The van der Waals surface area contributed by atoms with Crippen molar-refractivity contribution >= 4 is 11.8 Å². The summed E-state index contributed by atoms with van der Waals surface area (Å²) in [4.78, 5) is 27.4. The number of benzene rings is 1. The van der Waals surface area contributed by atoms with Gasteiger partial charge in [0.1, 0.15) is 11.7 Å². The molecule has 0 bridgehead atoms. The Morgan fingerprint density at radius 2 is 1.88 bits per heavy atom. The van der Waals surface area contributed by atoms with E-state index in [1.165, 1.54) is 6.92 Å². The van der Waals surface area contributed by atoms with Crippen molar-refractivity contribution in [2.45, 2.75) is 19.4 Å². The van der Waals surface area contributed by atoms with Crippen LogP contribution >= 0.6 is 0 Å². The first-order chi connectivity index (χ1) is 12.5. The summed E-state index contributed by atoms with van der Waals surface area (Å²) in [6.07, 6.45) is 0.407. The number of rotatable bonds is 5. The molecule has 6 heteroatoms. The molecule has 1 heterocycles. The van der Waals surface area contributed by atoms with Crippen molar-refractivity contribution in [3.63, 3.8) is 0 Å². The zero-order chi connectivity index (χ0) is 18.9. The number of aromatic nitrogens is 1. The van der Waals surface area contributed by atoms with Crippen molar-refractivity contribution in [1.29, 1.82) is 0 Å². The third-order valence-electron chi connectivity index (χ3n) is 3.60. The molecule has 0 saturated carbocycles. The topological polar surface area (TPSA) is 80.3 Å². The fourth-order valence-electron chi connectivity index (χ4n) is 2.32. The zero-order valence-corrected chi connectivity index (χ0v) is 15.0. The molecular weight excluding hydrogens is 330 g/mol. The minimum Gasteiger partial charge on any atom is -0.481 e. The first-order valence-electron chi connectivity index (χ1n) is 8.12. The zero-order valence-electron chi connectivity index (χ0n) is 15.0. The maximum atomic E-state index is 11.9. The monoisotopic (exact) mass is 351 g/mol. The van der Waals surface area contributed by atoms with Gasteiger partial charge in [0.25, 0.3) is 0 Å². The maximum absolute atomic E-state index is 11.9. The van der Waals surface area contributed by atoms with E-state index in [4.69, 9.17) is 4.74 Å². The smallest absolute Gasteiger partial charge is 0.242 e. The average Bonchev–Trinajstić information content (AvgIpc) is 2.66. The number of likely N-dealkylation sites (N-methyl/N-ethyl adjacent to an activating group) is 1. The van der Waals surface area contributed by atoms with Crippen LogP contribution < -0.4 is 15.4 Å². The van der Waals surface area contributed by atoms with E-state index >= 15 is 0 Å². The average molecular weight is 351 g/mol. The molecule has 134 valence electrons. The van der Waals surface area contributed by atoms with Gasteiger partial charge >= 0.3 is 0 Å². The van der Waals surface area contributed by atoms with Crippen molar-refractivity contribution in [3.8, 4) is 17.7 Å². The number of ether oxygens (including phenoxy) is 1. The van der Waals surface area contributed by atoms with Crippen LogP contribution in [0.15, 0.2) is 42.5 Å². The van der Waals surface area contributed by atoms with Gasteiger partial charge in [-0.2, -0.15) is 0 Å². The summed E-state index contributed by atoms with van der Waals surface area (Å²) >= 11 is 0. The largest absolute Gasteiger partial charge is 0.481 e. The van der Waals surface area contributed by atoms with E-state index in [9.17, 15) is 9.59 Å². The highest BCUT2D eigenvalue weighted by atomic mass is 16.5. The Labute approximate surface area is 153 Å². The number of nitrogens with zero attached hydrogens (tertiary/aromatic N) is 1. The van der Waals surface area contributed by atoms with Gasteiger partial charge in [-0.05, 0) is 29.7 Å². The first kappa shape index (κ1) is 19.0. The summed E-state index contributed by atoms with van der Waals surface area (Å²) in [5.74, 6) is 6.08. The van der Waals surface area contributed by atoms with Gasteiger partial charge in [0, 0.05) is 32.0 Å². The molecule has 0 saturated heterocycles. The summed E-state index contributed by atoms with van der Waals surface area (Å²) in [6, 6.07) is 12.3. The van der Waals surface area contributed by atoms with E-state index in [0.29, 0.717) is 18.0 Å². The van der Waals surface area contributed by atoms with Gasteiger partial charge in [-0.25, -0.2) is 4.98 Å². The number of amides is 2. The number of hydrogen-bond donors (Lipinski definition) is 2. The van der Waals surface area contributed by atoms with Crippen LogP contribution in [0.3, 0.4) is 0 Å². The standard InChI is InChI=1S/C20H21N3O3/c1-14(24)22-18(20(25)21-2)13-16-9-7-15(8-10-16)11-12-17-5-4-6-19(23-17)26-3/h4-10,18H,13H2,1-3H3,(H,21,25)(H,22,24). The van der Waals surface area contributed by atoms with Crippen molar-refractivity contribution in [3.05, 3.63) is 59.3 Å². The second kappa shape index (κ2) is 9.23. The van der Waals surface area contributed by atoms with E-state index in [-0.39, 0.29) is 11.8 Å². The predicted molar refractivity (Wildman–Crippen MR) is 98.6 cm³/mol. The van der Waals surface area contributed by atoms with Crippen LogP contribution in [-0.2, 0) is 16.0 Å². The van der Waals surface area contributed by atoms with Crippen LogP contribution in [0.25, 0.3) is 0 Å². The first-order valence-corrected chi connectivity index (χ1v) is 8.12. The molecule has 2 amide bonds. The Balaban J connectivity index is 2.09. The van der Waals surface area contributed by atoms with Crippen molar-refractivity contribution in [2.24, 2.45) is 0 Å². The molecule has 2 rings (SSSR count). The Morgan fingerprint density at radius 3 is 2.50 bits per heavy atom. The summed E-state index contributed by atoms with van der Waals surface area (Å²) in [6.45, 7) is 1.39. The lowest BCUT2D eigenvalue weighted by atomic mass is 10.0. The fourth-order valence-corrected chi connectivity index (χ4v) is 2.32. The minimum absolute atomic E-state index is 0.229. The Hall–Kier alpha value is -3.33. The highest BCUT2D eigenvalue weighted by molar-refractivity contribution is 5.86. The van der Waals surface area contributed by atoms with Crippen LogP contribution in [-0.4, -0.2) is 37.0 Å². The fraction of sp³-hybridized carbons (Fsp3) is 0.250. The second-order valence-corrected chi connectivity index (χ2v) is 5.58. The normalized spacial score (nSPS) is 10.9. The molecule has 1 aromatic carbocycles. The van der Waals surface area contributed by atoms with E-state index in [1.807, 2.05) is 36.4 Å². The third-order valence-corrected chi connectivity index (χ3v) is 3.60. The molecule has 0 aliphatic rings. The van der Waals surface area contributed by atoms with Gasteiger partial charge in [-0.3, -0.25) is 9.59 Å². The van der Waals surface area contributed by atoms with Gasteiger partial charge in [-0.15, -0.1) is 0 Å². The van der Waals surface area contributed by atoms with E-state index in [1.54, 1.807) is 20.2 Å². The molecule has 26 heavy (non-hydrogen) atoms. The van der Waals surface area contributed by atoms with E-state index in [2.05, 4.69) is 27.5 Å². The van der Waals surface area contributed by atoms with Gasteiger partial charge in [-0.1, -0.05) is 24.1 Å². The number of hydrogen-bond acceptors (Lipinski definition) is 4. The van der Waals surface area contributed by atoms with Gasteiger partial charge in [0.15, 0.2) is 0 Å². The van der Waals surface area contributed by atoms with Crippen LogP contribution in [0.1, 0.15) is 23.7 Å². The lowest BCUT2D eigenvalue weighted by molar-refractivity contribution is -0.127. The molecular formula is C20H21N3O3. The Morgan fingerprint density at radius 1 is 1.15 bits per heavy atom. The molecule has 6 nitrogen and oxygen atoms in total. The van der Waals surface area contributed by atoms with Crippen molar-refractivity contribution in [2.75, 3.05) is 14.2 Å². The number of carbonyl (C=O) groups excluding carboxylic acids is 2. The minimum atomic E-state index is -0.601. The number of pyridine rings is 1. The lowest BCUT2D eigenvalue weighted by Gasteiger charge is -2.16. The number of nitrogens with one attached hydrogen (secondary N) is 2. The molecule has 0 fully saturated rings. The van der Waals surface area contributed by atoms with Crippen LogP contribution in [0.5, 0.6) is 5.88 Å². The van der Waals surface area contributed by atoms with Crippen molar-refractivity contribution in [1.82, 2.24) is 15.6 Å². The SMILES string of the molecule is CNC(=O)C(Cc1ccc(C#Cc2cccc(OC)n2)cc1)NC(C)=O. The van der Waals surface area contributed by atoms with Gasteiger partial charge in [0.05, 0.1) is 7.11 Å². The maximum Gasteiger partial charge on any atom is 0.242 e. The predicted octanol–water partition coefficient (Wildman–Crippen LogP) is 1.28. The highest BCUT2D eigenvalue weighted by Crippen LogP contribution is 2.08. The van der Waals surface area contributed by atoms with Crippen LogP contribution in [0.4, 0.5) is 0 Å². The van der Waals surface area contributed by atoms with E-state index < -0.39 is 6.04 Å². The molecule has 0 aliphatic carbocycles. The molecule has 1 unspecified atom stereocenters. The van der Waals surface area contributed by atoms with Crippen LogP contribution in [0.2, 0.25) is 0 Å². The van der Waals surface area contributed by atoms with Crippen LogP contribution in [0, 0.1) is 11.8 Å². The Bertz CT molecular complexity index is 835. The molecule has 1 aromatic heterocycles. The number of methoxy groups -OCH3 is 1. The Kier molecular flexibility index (Phi) is 6.75. The molecule has 2 N–H and O–H groups in total. The summed E-state index contributed by atoms with van der Waals surface area (Å²) in [7, 11) is 3.10. The van der Waals surface area contributed by atoms with E-state index in [0.717, 1.165) is 11.1 Å². The van der Waals surface area contributed by atoms with Gasteiger partial charge in [0.2, 0.25) is 17.7 Å². The molecule has 0 radical (unpaired) electrons. The second-order valence-electron chi connectivity index (χ2n) is 5.58. The third kappa shape index (κ3) is 5.64. The quantitative estimate of drug-likeness (QED) is 0.796. The number of carbonyl (C=O) groups is 2. The summed E-state index contributed by atoms with van der Waals surface area (Å²) in [5, 5.41) is 5.21. The molecule has 0 spiro atoms. The molecule has 1 atom stereocenters.